The molecule has 1 saturated carbocycles. The lowest BCUT2D eigenvalue weighted by molar-refractivity contribution is -0.141. The predicted molar refractivity (Wildman–Crippen MR) is 82.6 cm³/mol. The predicted octanol–water partition coefficient (Wildman–Crippen LogP) is 2.26. The Morgan fingerprint density at radius 2 is 2.00 bits per heavy atom. The Hall–Kier alpha value is -2.24. The molecular formula is C17H21NO5. The van der Waals surface area contributed by atoms with Crippen LogP contribution < -0.4 is 4.74 Å². The molecule has 0 aromatic heterocycles. The smallest absolute Gasteiger partial charge is 0.326 e. The van der Waals surface area contributed by atoms with Gasteiger partial charge < -0.3 is 19.8 Å². The molecule has 1 aliphatic heterocycles. The summed E-state index contributed by atoms with van der Waals surface area (Å²) >= 11 is 0. The number of ether oxygens (including phenoxy) is 1. The number of benzene rings is 1. The van der Waals surface area contributed by atoms with Crippen molar-refractivity contribution in [2.45, 2.75) is 44.2 Å². The van der Waals surface area contributed by atoms with Crippen LogP contribution in [-0.2, 0) is 4.79 Å². The third-order valence-electron chi connectivity index (χ3n) is 5.04. The fourth-order valence-corrected chi connectivity index (χ4v) is 3.93. The summed E-state index contributed by atoms with van der Waals surface area (Å²) in [4.78, 5) is 26.0. The first-order chi connectivity index (χ1) is 11.0. The van der Waals surface area contributed by atoms with Crippen molar-refractivity contribution >= 4 is 11.9 Å². The maximum Gasteiger partial charge on any atom is 0.326 e. The van der Waals surface area contributed by atoms with Crippen molar-refractivity contribution < 1.29 is 24.5 Å². The minimum Gasteiger partial charge on any atom is -0.507 e. The van der Waals surface area contributed by atoms with E-state index in [1.165, 1.54) is 24.1 Å². The average Bonchev–Trinajstić information content (AvgIpc) is 2.93. The number of amides is 1. The number of hydrogen-bond acceptors (Lipinski definition) is 4. The van der Waals surface area contributed by atoms with Gasteiger partial charge in [0.25, 0.3) is 5.91 Å². The highest BCUT2D eigenvalue weighted by molar-refractivity contribution is 5.99. The van der Waals surface area contributed by atoms with Crippen LogP contribution in [0.2, 0.25) is 0 Å². The minimum absolute atomic E-state index is 0.0427. The summed E-state index contributed by atoms with van der Waals surface area (Å²) in [5, 5.41) is 19.6. The van der Waals surface area contributed by atoms with E-state index >= 15 is 0 Å². The van der Waals surface area contributed by atoms with Crippen molar-refractivity contribution in [3.63, 3.8) is 0 Å². The van der Waals surface area contributed by atoms with E-state index in [1.807, 2.05) is 0 Å². The Morgan fingerprint density at radius 3 is 2.65 bits per heavy atom. The van der Waals surface area contributed by atoms with E-state index in [2.05, 4.69) is 0 Å². The zero-order valence-corrected chi connectivity index (χ0v) is 13.1. The second-order valence-corrected chi connectivity index (χ2v) is 6.30. The third kappa shape index (κ3) is 2.73. The van der Waals surface area contributed by atoms with Crippen LogP contribution in [0.1, 0.15) is 42.5 Å². The van der Waals surface area contributed by atoms with Crippen LogP contribution in [0.25, 0.3) is 0 Å². The van der Waals surface area contributed by atoms with Gasteiger partial charge >= 0.3 is 5.97 Å². The Morgan fingerprint density at radius 1 is 1.26 bits per heavy atom. The molecule has 6 nitrogen and oxygen atoms in total. The first-order valence-electron chi connectivity index (χ1n) is 7.95. The van der Waals surface area contributed by atoms with Gasteiger partial charge in [-0.2, -0.15) is 0 Å². The van der Waals surface area contributed by atoms with E-state index in [0.29, 0.717) is 12.2 Å². The maximum atomic E-state index is 12.9. The van der Waals surface area contributed by atoms with Gasteiger partial charge in [-0.05, 0) is 37.3 Å². The SMILES string of the molecule is COc1ccc(C(=O)N2C(C(=O)O)CC3CCCCC32)c(O)c1. The highest BCUT2D eigenvalue weighted by Gasteiger charge is 2.48. The molecule has 0 bridgehead atoms. The summed E-state index contributed by atoms with van der Waals surface area (Å²) in [5.41, 5.74) is 0.128. The highest BCUT2D eigenvalue weighted by atomic mass is 16.5. The van der Waals surface area contributed by atoms with Crippen LogP contribution in [0.3, 0.4) is 0 Å². The van der Waals surface area contributed by atoms with Gasteiger partial charge in [0.05, 0.1) is 12.7 Å². The van der Waals surface area contributed by atoms with E-state index in [9.17, 15) is 19.8 Å². The number of phenols is 1. The summed E-state index contributed by atoms with van der Waals surface area (Å²) in [6.45, 7) is 0. The summed E-state index contributed by atoms with van der Waals surface area (Å²) in [6, 6.07) is 3.61. The number of carboxylic acid groups (broad SMARTS) is 1. The molecule has 1 aromatic carbocycles. The molecule has 1 aromatic rings. The molecular weight excluding hydrogens is 298 g/mol. The number of likely N-dealkylation sites (tertiary alicyclic amines) is 1. The largest absolute Gasteiger partial charge is 0.507 e. The van der Waals surface area contributed by atoms with Crippen molar-refractivity contribution in [3.8, 4) is 11.5 Å². The van der Waals surface area contributed by atoms with Crippen molar-refractivity contribution in [2.24, 2.45) is 5.92 Å². The molecule has 1 heterocycles. The number of hydrogen-bond donors (Lipinski definition) is 2. The van der Waals surface area contributed by atoms with E-state index in [1.54, 1.807) is 6.07 Å². The Kier molecular flexibility index (Phi) is 4.15. The summed E-state index contributed by atoms with van der Waals surface area (Å²) in [5.74, 6) is -0.870. The molecule has 124 valence electrons. The molecule has 23 heavy (non-hydrogen) atoms. The second-order valence-electron chi connectivity index (χ2n) is 6.30. The molecule has 1 aliphatic carbocycles. The van der Waals surface area contributed by atoms with Gasteiger partial charge in [0.1, 0.15) is 17.5 Å². The van der Waals surface area contributed by atoms with Gasteiger partial charge in [-0.3, -0.25) is 4.79 Å². The molecule has 3 rings (SSSR count). The number of rotatable bonds is 3. The van der Waals surface area contributed by atoms with Crippen LogP contribution in [0.5, 0.6) is 11.5 Å². The number of aromatic hydroxyl groups is 1. The van der Waals surface area contributed by atoms with Gasteiger partial charge in [0.15, 0.2) is 0 Å². The molecule has 2 aliphatic rings. The first-order valence-corrected chi connectivity index (χ1v) is 7.95. The fraction of sp³-hybridized carbons (Fsp3) is 0.529. The molecule has 1 saturated heterocycles. The standard InChI is InChI=1S/C17H21NO5/c1-23-11-6-7-12(15(19)9-11)16(20)18-13-5-3-2-4-10(13)8-14(18)17(21)22/h6-7,9-10,13-14,19H,2-5,8H2,1H3,(H,21,22). The van der Waals surface area contributed by atoms with E-state index in [-0.39, 0.29) is 23.3 Å². The maximum absolute atomic E-state index is 12.9. The second kappa shape index (κ2) is 6.10. The Labute approximate surface area is 134 Å². The van der Waals surface area contributed by atoms with Crippen molar-refractivity contribution in [1.82, 2.24) is 4.90 Å². The quantitative estimate of drug-likeness (QED) is 0.892. The number of phenolic OH excluding ortho intramolecular Hbond substituents is 1. The Bertz CT molecular complexity index is 629. The molecule has 0 radical (unpaired) electrons. The van der Waals surface area contributed by atoms with E-state index in [4.69, 9.17) is 4.74 Å². The monoisotopic (exact) mass is 319 g/mol. The Balaban J connectivity index is 1.93. The molecule has 0 spiro atoms. The van der Waals surface area contributed by atoms with Crippen LogP contribution in [-0.4, -0.2) is 46.2 Å². The average molecular weight is 319 g/mol. The van der Waals surface area contributed by atoms with E-state index < -0.39 is 17.9 Å². The summed E-state index contributed by atoms with van der Waals surface area (Å²) < 4.78 is 5.02. The van der Waals surface area contributed by atoms with Gasteiger partial charge in [0.2, 0.25) is 0 Å². The van der Waals surface area contributed by atoms with Crippen molar-refractivity contribution in [1.29, 1.82) is 0 Å². The summed E-state index contributed by atoms with van der Waals surface area (Å²) in [6.07, 6.45) is 4.39. The number of carbonyl (C=O) groups is 2. The number of nitrogens with zero attached hydrogens (tertiary/aromatic N) is 1. The molecule has 2 fully saturated rings. The van der Waals surface area contributed by atoms with Crippen LogP contribution in [0.15, 0.2) is 18.2 Å². The normalized spacial score (nSPS) is 26.7. The van der Waals surface area contributed by atoms with Gasteiger partial charge in [0, 0.05) is 12.1 Å². The molecule has 2 N–H and O–H groups in total. The first kappa shape index (κ1) is 15.6. The lowest BCUT2D eigenvalue weighted by atomic mass is 9.84. The number of methoxy groups -OCH3 is 1. The molecule has 3 atom stereocenters. The summed E-state index contributed by atoms with van der Waals surface area (Å²) in [7, 11) is 1.48. The number of aliphatic carboxylic acids is 1. The molecule has 3 unspecified atom stereocenters. The molecule has 1 amide bonds. The van der Waals surface area contributed by atoms with Crippen molar-refractivity contribution in [2.75, 3.05) is 7.11 Å². The topological polar surface area (TPSA) is 87.1 Å². The van der Waals surface area contributed by atoms with Crippen LogP contribution in [0.4, 0.5) is 0 Å². The van der Waals surface area contributed by atoms with Gasteiger partial charge in [-0.25, -0.2) is 4.79 Å². The number of carbonyl (C=O) groups excluding carboxylic acids is 1. The zero-order chi connectivity index (χ0) is 16.6. The van der Waals surface area contributed by atoms with Crippen LogP contribution in [0, 0.1) is 5.92 Å². The van der Waals surface area contributed by atoms with E-state index in [0.717, 1.165) is 25.7 Å². The lowest BCUT2D eigenvalue weighted by Gasteiger charge is -2.33. The number of fused-ring (bicyclic) bond motifs is 1. The molecule has 6 heteroatoms. The van der Waals surface area contributed by atoms with Gasteiger partial charge in [-0.1, -0.05) is 12.8 Å². The lowest BCUT2D eigenvalue weighted by Crippen LogP contribution is -2.46. The van der Waals surface area contributed by atoms with Gasteiger partial charge in [-0.15, -0.1) is 0 Å². The fourth-order valence-electron chi connectivity index (χ4n) is 3.93. The third-order valence-corrected chi connectivity index (χ3v) is 5.04. The van der Waals surface area contributed by atoms with Crippen molar-refractivity contribution in [3.05, 3.63) is 23.8 Å². The number of carboxylic acids is 1. The highest BCUT2D eigenvalue weighted by Crippen LogP contribution is 2.41. The minimum atomic E-state index is -0.972. The van der Waals surface area contributed by atoms with Crippen LogP contribution >= 0.6 is 0 Å². The zero-order valence-electron chi connectivity index (χ0n) is 13.1.